The molecule has 0 radical (unpaired) electrons. The summed E-state index contributed by atoms with van der Waals surface area (Å²) < 4.78 is 0. The molecule has 0 bridgehead atoms. The van der Waals surface area contributed by atoms with Gasteiger partial charge in [-0.3, -0.25) is 4.79 Å². The van der Waals surface area contributed by atoms with Gasteiger partial charge in [0.25, 0.3) is 0 Å². The van der Waals surface area contributed by atoms with Gasteiger partial charge in [-0.15, -0.1) is 0 Å². The van der Waals surface area contributed by atoms with Crippen molar-refractivity contribution in [2.75, 3.05) is 11.9 Å². The Morgan fingerprint density at radius 3 is 2.39 bits per heavy atom. The summed E-state index contributed by atoms with van der Waals surface area (Å²) >= 11 is 0. The van der Waals surface area contributed by atoms with E-state index in [4.69, 9.17) is 0 Å². The molecule has 0 atom stereocenters. The van der Waals surface area contributed by atoms with E-state index < -0.39 is 0 Å². The van der Waals surface area contributed by atoms with Gasteiger partial charge in [-0.25, -0.2) is 0 Å². The summed E-state index contributed by atoms with van der Waals surface area (Å²) in [6.07, 6.45) is 1.47. The summed E-state index contributed by atoms with van der Waals surface area (Å²) in [6.45, 7) is 7.55. The lowest BCUT2D eigenvalue weighted by Crippen LogP contribution is -2.25. The van der Waals surface area contributed by atoms with Gasteiger partial charge in [0.15, 0.2) is 0 Å². The molecule has 0 fully saturated rings. The number of hydrogen-bond acceptors (Lipinski definition) is 2. The second-order valence-corrected chi connectivity index (χ2v) is 5.84. The SMILES string of the molecule is CCc1cccc(C)c1NCCC(=O)NCc1ccccc1C. The number of hydrogen-bond donors (Lipinski definition) is 2. The van der Waals surface area contributed by atoms with E-state index in [1.807, 2.05) is 12.1 Å². The van der Waals surface area contributed by atoms with Crippen molar-refractivity contribution in [3.63, 3.8) is 0 Å². The minimum Gasteiger partial charge on any atom is -0.384 e. The molecule has 1 amide bonds. The zero-order valence-corrected chi connectivity index (χ0v) is 14.3. The van der Waals surface area contributed by atoms with Crippen molar-refractivity contribution < 1.29 is 4.79 Å². The number of anilines is 1. The lowest BCUT2D eigenvalue weighted by molar-refractivity contribution is -0.121. The molecule has 0 aromatic heterocycles. The van der Waals surface area contributed by atoms with E-state index in [9.17, 15) is 4.79 Å². The fourth-order valence-corrected chi connectivity index (χ4v) is 2.67. The highest BCUT2D eigenvalue weighted by Crippen LogP contribution is 2.20. The molecule has 0 spiro atoms. The van der Waals surface area contributed by atoms with Crippen LogP contribution in [0.5, 0.6) is 0 Å². The fraction of sp³-hybridized carbons (Fsp3) is 0.350. The average molecular weight is 310 g/mol. The second kappa shape index (κ2) is 8.37. The summed E-state index contributed by atoms with van der Waals surface area (Å²) in [6, 6.07) is 14.4. The van der Waals surface area contributed by atoms with Gasteiger partial charge < -0.3 is 10.6 Å². The molecule has 2 rings (SSSR count). The van der Waals surface area contributed by atoms with Crippen LogP contribution < -0.4 is 10.6 Å². The molecule has 2 aromatic carbocycles. The Morgan fingerprint density at radius 1 is 0.957 bits per heavy atom. The zero-order chi connectivity index (χ0) is 16.7. The third-order valence-electron chi connectivity index (χ3n) is 4.13. The van der Waals surface area contributed by atoms with Gasteiger partial charge in [-0.2, -0.15) is 0 Å². The Morgan fingerprint density at radius 2 is 1.65 bits per heavy atom. The quantitative estimate of drug-likeness (QED) is 0.812. The van der Waals surface area contributed by atoms with Crippen LogP contribution in [0, 0.1) is 13.8 Å². The predicted octanol–water partition coefficient (Wildman–Crippen LogP) is 3.98. The molecule has 0 saturated carbocycles. The smallest absolute Gasteiger partial charge is 0.222 e. The van der Waals surface area contributed by atoms with Crippen molar-refractivity contribution in [3.05, 3.63) is 64.7 Å². The first kappa shape index (κ1) is 17.1. The summed E-state index contributed by atoms with van der Waals surface area (Å²) in [5, 5.41) is 6.40. The molecule has 122 valence electrons. The number of rotatable bonds is 7. The normalized spacial score (nSPS) is 10.4. The number of nitrogens with one attached hydrogen (secondary N) is 2. The second-order valence-electron chi connectivity index (χ2n) is 5.84. The molecule has 0 heterocycles. The van der Waals surface area contributed by atoms with Crippen LogP contribution in [0.25, 0.3) is 0 Å². The Hall–Kier alpha value is -2.29. The highest BCUT2D eigenvalue weighted by molar-refractivity contribution is 5.76. The maximum Gasteiger partial charge on any atom is 0.222 e. The van der Waals surface area contributed by atoms with Crippen LogP contribution in [-0.4, -0.2) is 12.5 Å². The fourth-order valence-electron chi connectivity index (χ4n) is 2.67. The lowest BCUT2D eigenvalue weighted by atomic mass is 10.1. The largest absolute Gasteiger partial charge is 0.384 e. The molecular weight excluding hydrogens is 284 g/mol. The van der Waals surface area contributed by atoms with Crippen molar-refractivity contribution >= 4 is 11.6 Å². The summed E-state index contributed by atoms with van der Waals surface area (Å²) in [5.41, 5.74) is 6.07. The van der Waals surface area contributed by atoms with Crippen molar-refractivity contribution in [1.29, 1.82) is 0 Å². The molecule has 2 N–H and O–H groups in total. The van der Waals surface area contributed by atoms with Gasteiger partial charge in [0.05, 0.1) is 0 Å². The molecule has 0 aliphatic carbocycles. The van der Waals surface area contributed by atoms with Crippen LogP contribution in [-0.2, 0) is 17.8 Å². The minimum atomic E-state index is 0.0763. The lowest BCUT2D eigenvalue weighted by Gasteiger charge is -2.14. The Bertz CT molecular complexity index is 664. The standard InChI is InChI=1S/C20H26N2O/c1-4-17-11-7-9-16(3)20(17)21-13-12-19(23)22-14-18-10-6-5-8-15(18)2/h5-11,21H,4,12-14H2,1-3H3,(H,22,23). The Labute approximate surface area is 139 Å². The van der Waals surface area contributed by atoms with Gasteiger partial charge in [-0.05, 0) is 42.5 Å². The molecule has 23 heavy (non-hydrogen) atoms. The molecule has 2 aromatic rings. The van der Waals surface area contributed by atoms with E-state index in [2.05, 4.69) is 61.7 Å². The average Bonchev–Trinajstić information content (AvgIpc) is 2.55. The summed E-state index contributed by atoms with van der Waals surface area (Å²) in [4.78, 5) is 12.0. The van der Waals surface area contributed by atoms with Crippen molar-refractivity contribution in [2.24, 2.45) is 0 Å². The molecule has 0 aliphatic rings. The number of carbonyl (C=O) groups is 1. The van der Waals surface area contributed by atoms with E-state index in [1.54, 1.807) is 0 Å². The van der Waals surface area contributed by atoms with Crippen LogP contribution in [0.15, 0.2) is 42.5 Å². The predicted molar refractivity (Wildman–Crippen MR) is 96.7 cm³/mol. The first-order valence-electron chi connectivity index (χ1n) is 8.25. The topological polar surface area (TPSA) is 41.1 Å². The van der Waals surface area contributed by atoms with Gasteiger partial charge in [0, 0.05) is 25.2 Å². The molecule has 0 aliphatic heterocycles. The van der Waals surface area contributed by atoms with E-state index in [0.717, 1.165) is 6.42 Å². The Kier molecular flexibility index (Phi) is 6.21. The van der Waals surface area contributed by atoms with Crippen molar-refractivity contribution in [2.45, 2.75) is 40.2 Å². The molecule has 3 heteroatoms. The van der Waals surface area contributed by atoms with Crippen LogP contribution in [0.4, 0.5) is 5.69 Å². The monoisotopic (exact) mass is 310 g/mol. The number of carbonyl (C=O) groups excluding carboxylic acids is 1. The number of amides is 1. The van der Waals surface area contributed by atoms with Gasteiger partial charge >= 0.3 is 0 Å². The Balaban J connectivity index is 1.80. The highest BCUT2D eigenvalue weighted by Gasteiger charge is 2.06. The third kappa shape index (κ3) is 4.85. The third-order valence-corrected chi connectivity index (χ3v) is 4.13. The van der Waals surface area contributed by atoms with Crippen LogP contribution in [0.1, 0.15) is 35.6 Å². The van der Waals surface area contributed by atoms with Crippen molar-refractivity contribution in [1.82, 2.24) is 5.32 Å². The number of aryl methyl sites for hydroxylation is 3. The minimum absolute atomic E-state index is 0.0763. The van der Waals surface area contributed by atoms with Gasteiger partial charge in [0.1, 0.15) is 0 Å². The van der Waals surface area contributed by atoms with Crippen LogP contribution in [0.2, 0.25) is 0 Å². The van der Waals surface area contributed by atoms with Gasteiger partial charge in [-0.1, -0.05) is 49.4 Å². The molecular formula is C20H26N2O. The van der Waals surface area contributed by atoms with E-state index in [-0.39, 0.29) is 5.91 Å². The summed E-state index contributed by atoms with van der Waals surface area (Å²) in [5.74, 6) is 0.0763. The maximum absolute atomic E-state index is 12.0. The van der Waals surface area contributed by atoms with Crippen molar-refractivity contribution in [3.8, 4) is 0 Å². The zero-order valence-electron chi connectivity index (χ0n) is 14.3. The molecule has 0 saturated heterocycles. The number of para-hydroxylation sites is 1. The van der Waals surface area contributed by atoms with Crippen LogP contribution in [0.3, 0.4) is 0 Å². The maximum atomic E-state index is 12.0. The van der Waals surface area contributed by atoms with Crippen LogP contribution >= 0.6 is 0 Å². The van der Waals surface area contributed by atoms with E-state index in [0.29, 0.717) is 19.5 Å². The number of benzene rings is 2. The first-order valence-corrected chi connectivity index (χ1v) is 8.25. The highest BCUT2D eigenvalue weighted by atomic mass is 16.1. The molecule has 3 nitrogen and oxygen atoms in total. The van der Waals surface area contributed by atoms with E-state index in [1.165, 1.54) is 27.9 Å². The molecule has 0 unspecified atom stereocenters. The van der Waals surface area contributed by atoms with E-state index >= 15 is 0 Å². The first-order chi connectivity index (χ1) is 11.1. The summed E-state index contributed by atoms with van der Waals surface area (Å²) in [7, 11) is 0. The van der Waals surface area contributed by atoms with Gasteiger partial charge in [0.2, 0.25) is 5.91 Å².